The Labute approximate surface area is 89.4 Å². The number of rotatable bonds is 2. The Hall–Kier alpha value is -0.740. The van der Waals surface area contributed by atoms with E-state index < -0.39 is 10.0 Å². The molecule has 78 valence electrons. The van der Waals surface area contributed by atoms with Crippen LogP contribution in [0.5, 0.6) is 0 Å². The fourth-order valence-electron chi connectivity index (χ4n) is 1.05. The van der Waals surface area contributed by atoms with Crippen LogP contribution in [0.2, 0.25) is 5.02 Å². The Balaban J connectivity index is 3.21. The maximum absolute atomic E-state index is 11.2. The maximum atomic E-state index is 11.2. The smallest absolute Gasteiger partial charge is 0.232 e. The zero-order chi connectivity index (χ0) is 10.9. The third-order valence-electron chi connectivity index (χ3n) is 1.94. The highest BCUT2D eigenvalue weighted by molar-refractivity contribution is 7.92. The number of sulfonamides is 1. The monoisotopic (exact) mass is 233 g/mol. The van der Waals surface area contributed by atoms with Gasteiger partial charge in [0.05, 0.1) is 17.0 Å². The van der Waals surface area contributed by atoms with E-state index in [9.17, 15) is 8.42 Å². The molecule has 14 heavy (non-hydrogen) atoms. The molecule has 3 nitrogen and oxygen atoms in total. The minimum absolute atomic E-state index is 0.443. The fraction of sp³-hybridized carbons (Fsp3) is 0.333. The number of halogens is 1. The number of nitrogens with zero attached hydrogens (tertiary/aromatic N) is 1. The summed E-state index contributed by atoms with van der Waals surface area (Å²) >= 11 is 5.92. The van der Waals surface area contributed by atoms with Crippen LogP contribution in [0.3, 0.4) is 0 Å². The van der Waals surface area contributed by atoms with E-state index in [1.54, 1.807) is 12.1 Å². The van der Waals surface area contributed by atoms with Gasteiger partial charge in [0.15, 0.2) is 0 Å². The molecule has 0 radical (unpaired) electrons. The lowest BCUT2D eigenvalue weighted by atomic mass is 10.2. The first-order chi connectivity index (χ1) is 6.32. The number of benzene rings is 1. The van der Waals surface area contributed by atoms with Crippen molar-refractivity contribution in [2.45, 2.75) is 6.92 Å². The summed E-state index contributed by atoms with van der Waals surface area (Å²) in [6.45, 7) is 1.90. The molecule has 0 unspecified atom stereocenters. The molecule has 0 bridgehead atoms. The maximum Gasteiger partial charge on any atom is 0.232 e. The van der Waals surface area contributed by atoms with Gasteiger partial charge in [-0.1, -0.05) is 17.7 Å². The Bertz CT molecular complexity index is 442. The van der Waals surface area contributed by atoms with Crippen LogP contribution in [0.15, 0.2) is 18.2 Å². The molecule has 5 heteroatoms. The van der Waals surface area contributed by atoms with Crippen LogP contribution in [0, 0.1) is 6.92 Å². The molecule has 0 fully saturated rings. The summed E-state index contributed by atoms with van der Waals surface area (Å²) in [6, 6.07) is 5.25. The third kappa shape index (κ3) is 2.39. The normalized spacial score (nSPS) is 11.4. The van der Waals surface area contributed by atoms with Gasteiger partial charge in [0, 0.05) is 7.05 Å². The van der Waals surface area contributed by atoms with Crippen molar-refractivity contribution in [3.05, 3.63) is 28.8 Å². The summed E-state index contributed by atoms with van der Waals surface area (Å²) in [4.78, 5) is 0. The first kappa shape index (κ1) is 11.3. The first-order valence-corrected chi connectivity index (χ1v) is 6.25. The molecule has 0 saturated heterocycles. The van der Waals surface area contributed by atoms with E-state index in [0.717, 1.165) is 16.1 Å². The zero-order valence-electron chi connectivity index (χ0n) is 8.28. The minimum Gasteiger partial charge on any atom is -0.272 e. The molecule has 0 aliphatic carbocycles. The zero-order valence-corrected chi connectivity index (χ0v) is 9.85. The second kappa shape index (κ2) is 3.79. The van der Waals surface area contributed by atoms with E-state index in [2.05, 4.69) is 0 Å². The predicted octanol–water partition coefficient (Wildman–Crippen LogP) is 2.04. The lowest BCUT2D eigenvalue weighted by molar-refractivity contribution is 0.600. The molecule has 0 amide bonds. The Morgan fingerprint density at radius 1 is 1.36 bits per heavy atom. The number of anilines is 1. The van der Waals surface area contributed by atoms with Crippen LogP contribution in [0.1, 0.15) is 5.56 Å². The largest absolute Gasteiger partial charge is 0.272 e. The molecule has 0 N–H and O–H groups in total. The first-order valence-electron chi connectivity index (χ1n) is 4.02. The van der Waals surface area contributed by atoms with Gasteiger partial charge in [-0.25, -0.2) is 8.42 Å². The standard InChI is InChI=1S/C9H12ClNO2S/c1-7-4-5-9(8(10)6-7)11(2)14(3,12)13/h4-6H,1-3H3. The summed E-state index contributed by atoms with van der Waals surface area (Å²) in [6.07, 6.45) is 1.14. The van der Waals surface area contributed by atoms with Gasteiger partial charge in [-0.05, 0) is 24.6 Å². The van der Waals surface area contributed by atoms with Crippen LogP contribution in [-0.4, -0.2) is 21.7 Å². The highest BCUT2D eigenvalue weighted by atomic mass is 35.5. The van der Waals surface area contributed by atoms with Gasteiger partial charge >= 0.3 is 0 Å². The van der Waals surface area contributed by atoms with Crippen molar-refractivity contribution >= 4 is 27.3 Å². The molecule has 0 heterocycles. The Morgan fingerprint density at radius 2 is 1.93 bits per heavy atom. The van der Waals surface area contributed by atoms with Crippen LogP contribution in [0.4, 0.5) is 5.69 Å². The van der Waals surface area contributed by atoms with Gasteiger partial charge in [0.2, 0.25) is 10.0 Å². The third-order valence-corrected chi connectivity index (χ3v) is 3.43. The fourth-order valence-corrected chi connectivity index (χ4v) is 1.97. The van der Waals surface area contributed by atoms with Crippen molar-refractivity contribution in [1.82, 2.24) is 0 Å². The van der Waals surface area contributed by atoms with Gasteiger partial charge in [0.1, 0.15) is 0 Å². The summed E-state index contributed by atoms with van der Waals surface area (Å²) in [7, 11) is -1.76. The van der Waals surface area contributed by atoms with Crippen molar-refractivity contribution < 1.29 is 8.42 Å². The van der Waals surface area contributed by atoms with Crippen LogP contribution >= 0.6 is 11.6 Å². The van der Waals surface area contributed by atoms with Crippen molar-refractivity contribution in [2.24, 2.45) is 0 Å². The molecule has 0 aromatic heterocycles. The number of hydrogen-bond donors (Lipinski definition) is 0. The van der Waals surface area contributed by atoms with E-state index in [-0.39, 0.29) is 0 Å². The number of aryl methyl sites for hydroxylation is 1. The highest BCUT2D eigenvalue weighted by Crippen LogP contribution is 2.27. The summed E-state index contributed by atoms with van der Waals surface area (Å²) in [5.74, 6) is 0. The topological polar surface area (TPSA) is 37.4 Å². The molecule has 1 aromatic rings. The molecular formula is C9H12ClNO2S. The molecule has 0 aliphatic rings. The van der Waals surface area contributed by atoms with E-state index in [4.69, 9.17) is 11.6 Å². The molecule has 0 spiro atoms. The summed E-state index contributed by atoms with van der Waals surface area (Å²) < 4.78 is 23.6. The molecule has 0 aliphatic heterocycles. The lowest BCUT2D eigenvalue weighted by Crippen LogP contribution is -2.25. The van der Waals surface area contributed by atoms with Gasteiger partial charge < -0.3 is 0 Å². The van der Waals surface area contributed by atoms with E-state index >= 15 is 0 Å². The van der Waals surface area contributed by atoms with Crippen LogP contribution in [-0.2, 0) is 10.0 Å². The predicted molar refractivity (Wildman–Crippen MR) is 59.4 cm³/mol. The van der Waals surface area contributed by atoms with Crippen molar-refractivity contribution in [3.63, 3.8) is 0 Å². The molecule has 1 rings (SSSR count). The average molecular weight is 234 g/mol. The quantitative estimate of drug-likeness (QED) is 0.784. The van der Waals surface area contributed by atoms with Gasteiger partial charge in [0.25, 0.3) is 0 Å². The highest BCUT2D eigenvalue weighted by Gasteiger charge is 2.14. The Morgan fingerprint density at radius 3 is 2.36 bits per heavy atom. The SMILES string of the molecule is Cc1ccc(N(C)S(C)(=O)=O)c(Cl)c1. The molecule has 0 atom stereocenters. The van der Waals surface area contributed by atoms with E-state index in [1.165, 1.54) is 7.05 Å². The molecule has 0 saturated carbocycles. The number of hydrogen-bond acceptors (Lipinski definition) is 2. The van der Waals surface area contributed by atoms with E-state index in [0.29, 0.717) is 10.7 Å². The minimum atomic E-state index is -3.24. The van der Waals surface area contributed by atoms with Crippen molar-refractivity contribution in [2.75, 3.05) is 17.6 Å². The summed E-state index contributed by atoms with van der Waals surface area (Å²) in [5.41, 5.74) is 1.50. The van der Waals surface area contributed by atoms with Crippen molar-refractivity contribution in [1.29, 1.82) is 0 Å². The lowest BCUT2D eigenvalue weighted by Gasteiger charge is -2.18. The summed E-state index contributed by atoms with van der Waals surface area (Å²) in [5, 5.41) is 0.443. The second-order valence-electron chi connectivity index (χ2n) is 3.19. The second-order valence-corrected chi connectivity index (χ2v) is 5.61. The van der Waals surface area contributed by atoms with Gasteiger partial charge in [-0.3, -0.25) is 4.31 Å². The van der Waals surface area contributed by atoms with Gasteiger partial charge in [-0.15, -0.1) is 0 Å². The average Bonchev–Trinajstić information content (AvgIpc) is 2.01. The van der Waals surface area contributed by atoms with Crippen LogP contribution in [0.25, 0.3) is 0 Å². The van der Waals surface area contributed by atoms with Crippen LogP contribution < -0.4 is 4.31 Å². The molecular weight excluding hydrogens is 222 g/mol. The Kier molecular flexibility index (Phi) is 3.07. The van der Waals surface area contributed by atoms with E-state index in [1.807, 2.05) is 13.0 Å². The molecule has 1 aromatic carbocycles. The van der Waals surface area contributed by atoms with Crippen molar-refractivity contribution in [3.8, 4) is 0 Å². The van der Waals surface area contributed by atoms with Gasteiger partial charge in [-0.2, -0.15) is 0 Å².